The van der Waals surface area contributed by atoms with E-state index in [9.17, 15) is 4.79 Å². The Balaban J connectivity index is 2.27. The Bertz CT molecular complexity index is 419. The van der Waals surface area contributed by atoms with Gasteiger partial charge < -0.3 is 4.52 Å². The van der Waals surface area contributed by atoms with Crippen LogP contribution < -0.4 is 11.3 Å². The molecule has 2 rings (SSSR count). The zero-order valence-corrected chi connectivity index (χ0v) is 10.5. The minimum absolute atomic E-state index is 0.0113. The second kappa shape index (κ2) is 5.06. The van der Waals surface area contributed by atoms with Gasteiger partial charge in [-0.15, -0.1) is 0 Å². The number of amides is 1. The van der Waals surface area contributed by atoms with Crippen molar-refractivity contribution in [3.8, 4) is 0 Å². The smallest absolute Gasteiger partial charge is 0.237 e. The maximum Gasteiger partial charge on any atom is 0.237 e. The lowest BCUT2D eigenvalue weighted by atomic mass is 9.77. The summed E-state index contributed by atoms with van der Waals surface area (Å²) < 4.78 is 5.07. The Morgan fingerprint density at radius 2 is 2.24 bits per heavy atom. The molecule has 0 saturated heterocycles. The van der Waals surface area contributed by atoms with E-state index in [0.29, 0.717) is 16.5 Å². The molecule has 2 atom stereocenters. The van der Waals surface area contributed by atoms with Gasteiger partial charge in [0.1, 0.15) is 10.7 Å². The highest BCUT2D eigenvalue weighted by molar-refractivity contribution is 6.31. The SMILES string of the molecule is Cc1onc(C2CCCCC2C(=O)NN)c1Cl. The molecule has 1 aromatic heterocycles. The first-order valence-corrected chi connectivity index (χ1v) is 6.15. The predicted molar refractivity (Wildman–Crippen MR) is 63.3 cm³/mol. The summed E-state index contributed by atoms with van der Waals surface area (Å²) in [4.78, 5) is 11.7. The van der Waals surface area contributed by atoms with Gasteiger partial charge in [-0.25, -0.2) is 5.84 Å². The molecule has 0 aromatic carbocycles. The van der Waals surface area contributed by atoms with Crippen molar-refractivity contribution in [1.82, 2.24) is 10.6 Å². The van der Waals surface area contributed by atoms with E-state index in [1.165, 1.54) is 0 Å². The lowest BCUT2D eigenvalue weighted by Gasteiger charge is -2.28. The van der Waals surface area contributed by atoms with Crippen molar-refractivity contribution in [2.45, 2.75) is 38.5 Å². The number of aromatic nitrogens is 1. The maximum atomic E-state index is 11.7. The number of nitrogens with zero attached hydrogens (tertiary/aromatic N) is 1. The highest BCUT2D eigenvalue weighted by atomic mass is 35.5. The molecule has 1 fully saturated rings. The topological polar surface area (TPSA) is 81.2 Å². The van der Waals surface area contributed by atoms with Crippen molar-refractivity contribution >= 4 is 17.5 Å². The number of hydrogen-bond acceptors (Lipinski definition) is 4. The normalized spacial score (nSPS) is 24.6. The fraction of sp³-hybridized carbons (Fsp3) is 0.636. The van der Waals surface area contributed by atoms with Crippen LogP contribution in [-0.4, -0.2) is 11.1 Å². The molecule has 1 aromatic rings. The Morgan fingerprint density at radius 1 is 1.53 bits per heavy atom. The van der Waals surface area contributed by atoms with Crippen LogP contribution >= 0.6 is 11.6 Å². The van der Waals surface area contributed by atoms with Crippen LogP contribution in [0.15, 0.2) is 4.52 Å². The quantitative estimate of drug-likeness (QED) is 0.482. The van der Waals surface area contributed by atoms with Gasteiger partial charge in [-0.1, -0.05) is 29.6 Å². The summed E-state index contributed by atoms with van der Waals surface area (Å²) in [6.45, 7) is 1.76. The second-order valence-corrected chi connectivity index (χ2v) is 4.82. The Morgan fingerprint density at radius 3 is 2.82 bits per heavy atom. The Labute approximate surface area is 105 Å². The number of rotatable bonds is 2. The molecule has 0 aliphatic heterocycles. The minimum atomic E-state index is -0.157. The molecule has 5 nitrogen and oxygen atoms in total. The molecule has 1 aliphatic rings. The molecule has 94 valence electrons. The van der Waals surface area contributed by atoms with Gasteiger partial charge in [-0.05, 0) is 19.8 Å². The molecule has 3 N–H and O–H groups in total. The van der Waals surface area contributed by atoms with Gasteiger partial charge in [0.05, 0.1) is 0 Å². The first kappa shape index (κ1) is 12.4. The summed E-state index contributed by atoms with van der Waals surface area (Å²) in [6.07, 6.45) is 3.81. The van der Waals surface area contributed by atoms with Gasteiger partial charge in [0.15, 0.2) is 5.76 Å². The van der Waals surface area contributed by atoms with Gasteiger partial charge in [-0.3, -0.25) is 10.2 Å². The van der Waals surface area contributed by atoms with Crippen LogP contribution in [-0.2, 0) is 4.79 Å². The molecular weight excluding hydrogens is 242 g/mol. The fourth-order valence-corrected chi connectivity index (χ4v) is 2.70. The zero-order valence-electron chi connectivity index (χ0n) is 9.70. The van der Waals surface area contributed by atoms with Crippen LogP contribution in [0.3, 0.4) is 0 Å². The van der Waals surface area contributed by atoms with E-state index in [2.05, 4.69) is 10.6 Å². The lowest BCUT2D eigenvalue weighted by molar-refractivity contribution is -0.126. The van der Waals surface area contributed by atoms with Crippen LogP contribution in [0.25, 0.3) is 0 Å². The molecular formula is C11H16ClN3O2. The number of hydrogen-bond donors (Lipinski definition) is 2. The Hall–Kier alpha value is -1.07. The largest absolute Gasteiger partial charge is 0.360 e. The highest BCUT2D eigenvalue weighted by Gasteiger charge is 2.35. The maximum absolute atomic E-state index is 11.7. The van der Waals surface area contributed by atoms with Gasteiger partial charge in [0.2, 0.25) is 5.91 Å². The number of aryl methyl sites for hydroxylation is 1. The predicted octanol–water partition coefficient (Wildman–Crippen LogP) is 1.90. The third kappa shape index (κ3) is 2.30. The minimum Gasteiger partial charge on any atom is -0.360 e. The molecule has 0 bridgehead atoms. The van der Waals surface area contributed by atoms with E-state index < -0.39 is 0 Å². The summed E-state index contributed by atoms with van der Waals surface area (Å²) >= 11 is 6.14. The van der Waals surface area contributed by atoms with E-state index in [0.717, 1.165) is 25.7 Å². The standard InChI is InChI=1S/C11H16ClN3O2/c1-6-9(12)10(15-17-6)7-4-2-3-5-8(7)11(16)14-13/h7-8H,2-5,13H2,1H3,(H,14,16). The van der Waals surface area contributed by atoms with Crippen molar-refractivity contribution in [2.75, 3.05) is 0 Å². The summed E-state index contributed by atoms with van der Waals surface area (Å²) in [5.41, 5.74) is 2.91. The summed E-state index contributed by atoms with van der Waals surface area (Å²) in [5.74, 6) is 5.51. The zero-order chi connectivity index (χ0) is 12.4. The molecule has 1 amide bonds. The van der Waals surface area contributed by atoms with E-state index in [-0.39, 0.29) is 17.7 Å². The molecule has 1 aliphatic carbocycles. The van der Waals surface area contributed by atoms with Gasteiger partial charge in [-0.2, -0.15) is 0 Å². The van der Waals surface area contributed by atoms with Crippen molar-refractivity contribution < 1.29 is 9.32 Å². The van der Waals surface area contributed by atoms with E-state index in [1.54, 1.807) is 6.92 Å². The van der Waals surface area contributed by atoms with Crippen molar-refractivity contribution in [3.05, 3.63) is 16.5 Å². The number of nitrogens with two attached hydrogens (primary N) is 1. The summed E-state index contributed by atoms with van der Waals surface area (Å²) in [7, 11) is 0. The van der Waals surface area contributed by atoms with E-state index in [4.69, 9.17) is 22.0 Å². The number of nitrogens with one attached hydrogen (secondary N) is 1. The molecule has 0 radical (unpaired) electrons. The number of carbonyl (C=O) groups excluding carboxylic acids is 1. The average molecular weight is 258 g/mol. The first-order valence-electron chi connectivity index (χ1n) is 5.77. The van der Waals surface area contributed by atoms with E-state index in [1.807, 2.05) is 0 Å². The van der Waals surface area contributed by atoms with Crippen LogP contribution in [0.5, 0.6) is 0 Å². The number of halogens is 1. The summed E-state index contributed by atoms with van der Waals surface area (Å²) in [5, 5.41) is 4.51. The first-order chi connectivity index (χ1) is 8.15. The van der Waals surface area contributed by atoms with Crippen molar-refractivity contribution in [3.63, 3.8) is 0 Å². The molecule has 0 spiro atoms. The van der Waals surface area contributed by atoms with Gasteiger partial charge in [0, 0.05) is 11.8 Å². The third-order valence-corrected chi connectivity index (χ3v) is 3.87. The van der Waals surface area contributed by atoms with Crippen molar-refractivity contribution in [2.24, 2.45) is 11.8 Å². The molecule has 1 saturated carbocycles. The van der Waals surface area contributed by atoms with Gasteiger partial charge in [0.25, 0.3) is 0 Å². The highest BCUT2D eigenvalue weighted by Crippen LogP contribution is 2.40. The lowest BCUT2D eigenvalue weighted by Crippen LogP contribution is -2.39. The van der Waals surface area contributed by atoms with Crippen LogP contribution in [0.1, 0.15) is 43.1 Å². The van der Waals surface area contributed by atoms with Crippen LogP contribution in [0, 0.1) is 12.8 Å². The monoisotopic (exact) mass is 257 g/mol. The second-order valence-electron chi connectivity index (χ2n) is 4.44. The van der Waals surface area contributed by atoms with Crippen molar-refractivity contribution in [1.29, 1.82) is 0 Å². The molecule has 6 heteroatoms. The molecule has 2 unspecified atom stereocenters. The molecule has 1 heterocycles. The number of hydrazine groups is 1. The molecule has 17 heavy (non-hydrogen) atoms. The summed E-state index contributed by atoms with van der Waals surface area (Å²) in [6, 6.07) is 0. The van der Waals surface area contributed by atoms with Gasteiger partial charge >= 0.3 is 0 Å². The van der Waals surface area contributed by atoms with E-state index >= 15 is 0 Å². The fourth-order valence-electron chi connectivity index (χ4n) is 2.49. The van der Waals surface area contributed by atoms with Crippen LogP contribution in [0.4, 0.5) is 0 Å². The van der Waals surface area contributed by atoms with Crippen LogP contribution in [0.2, 0.25) is 5.02 Å². The third-order valence-electron chi connectivity index (χ3n) is 3.41. The Kier molecular flexibility index (Phi) is 3.69. The number of carbonyl (C=O) groups is 1. The average Bonchev–Trinajstić information content (AvgIpc) is 2.69.